The number of anilines is 2. The van der Waals surface area contributed by atoms with E-state index in [0.717, 1.165) is 30.9 Å². The number of hydrogen-bond acceptors (Lipinski definition) is 3. The zero-order valence-electron chi connectivity index (χ0n) is 14.4. The highest BCUT2D eigenvalue weighted by Crippen LogP contribution is 2.39. The summed E-state index contributed by atoms with van der Waals surface area (Å²) < 4.78 is 5.26. The molecule has 1 aliphatic heterocycles. The fourth-order valence-corrected chi connectivity index (χ4v) is 3.54. The lowest BCUT2D eigenvalue weighted by molar-refractivity contribution is 0.414. The smallest absolute Gasteiger partial charge is 0.118 e. The second-order valence-corrected chi connectivity index (χ2v) is 6.45. The number of nitrogens with two attached hydrogens (primary N) is 1. The lowest BCUT2D eigenvalue weighted by atomic mass is 10.00. The van der Waals surface area contributed by atoms with Crippen molar-refractivity contribution in [2.24, 2.45) is 0 Å². The number of nitrogen functional groups attached to an aromatic ring is 1. The van der Waals surface area contributed by atoms with Crippen LogP contribution in [0.25, 0.3) is 11.1 Å². The Bertz CT molecular complexity index is 870. The van der Waals surface area contributed by atoms with Crippen molar-refractivity contribution in [3.8, 4) is 16.9 Å². The Balaban J connectivity index is 1.67. The monoisotopic (exact) mass is 330 g/mol. The lowest BCUT2D eigenvalue weighted by Crippen LogP contribution is -2.20. The molecule has 0 saturated heterocycles. The number of nitrogens with zero attached hydrogens (tertiary/aromatic N) is 1. The molecule has 0 aliphatic carbocycles. The van der Waals surface area contributed by atoms with E-state index < -0.39 is 0 Å². The number of rotatable bonds is 4. The Kier molecular flexibility index (Phi) is 4.06. The first-order valence-electron chi connectivity index (χ1n) is 8.60. The summed E-state index contributed by atoms with van der Waals surface area (Å²) in [7, 11) is 1.70. The van der Waals surface area contributed by atoms with Gasteiger partial charge in [-0.25, -0.2) is 0 Å². The van der Waals surface area contributed by atoms with Gasteiger partial charge in [-0.1, -0.05) is 42.5 Å². The fourth-order valence-electron chi connectivity index (χ4n) is 3.54. The van der Waals surface area contributed by atoms with Crippen molar-refractivity contribution >= 4 is 11.4 Å². The van der Waals surface area contributed by atoms with Crippen LogP contribution in [0.3, 0.4) is 0 Å². The molecule has 0 bridgehead atoms. The molecule has 0 unspecified atom stereocenters. The minimum atomic E-state index is 0.798. The Labute approximate surface area is 148 Å². The summed E-state index contributed by atoms with van der Waals surface area (Å²) in [5, 5.41) is 0. The molecule has 0 aromatic heterocycles. The average Bonchev–Trinajstić information content (AvgIpc) is 3.06. The molecular weight excluding hydrogens is 308 g/mol. The van der Waals surface area contributed by atoms with E-state index in [1.165, 1.54) is 27.9 Å². The molecule has 3 heteroatoms. The van der Waals surface area contributed by atoms with Gasteiger partial charge in [0.2, 0.25) is 0 Å². The van der Waals surface area contributed by atoms with Gasteiger partial charge >= 0.3 is 0 Å². The zero-order valence-corrected chi connectivity index (χ0v) is 14.4. The maximum Gasteiger partial charge on any atom is 0.118 e. The van der Waals surface area contributed by atoms with E-state index in [1.54, 1.807) is 7.11 Å². The number of benzene rings is 3. The fraction of sp³-hybridized carbons (Fsp3) is 0.182. The molecule has 3 aromatic rings. The minimum Gasteiger partial charge on any atom is -0.497 e. The molecule has 0 saturated carbocycles. The van der Waals surface area contributed by atoms with Gasteiger partial charge < -0.3 is 15.4 Å². The molecule has 1 aliphatic rings. The molecular formula is C22H22N2O. The van der Waals surface area contributed by atoms with Crippen LogP contribution in [-0.2, 0) is 13.0 Å². The summed E-state index contributed by atoms with van der Waals surface area (Å²) in [6, 6.07) is 23.1. The molecule has 4 rings (SSSR count). The van der Waals surface area contributed by atoms with Crippen molar-refractivity contribution in [2.75, 3.05) is 24.3 Å². The van der Waals surface area contributed by atoms with Gasteiger partial charge in [0.15, 0.2) is 0 Å². The highest BCUT2D eigenvalue weighted by atomic mass is 16.5. The Morgan fingerprint density at radius 3 is 2.44 bits per heavy atom. The maximum atomic E-state index is 5.85. The van der Waals surface area contributed by atoms with Gasteiger partial charge in [0.05, 0.1) is 7.11 Å². The van der Waals surface area contributed by atoms with Gasteiger partial charge in [-0.2, -0.15) is 0 Å². The molecule has 126 valence electrons. The largest absolute Gasteiger partial charge is 0.497 e. The Morgan fingerprint density at radius 1 is 0.960 bits per heavy atom. The van der Waals surface area contributed by atoms with Crippen LogP contribution in [0, 0.1) is 0 Å². The van der Waals surface area contributed by atoms with Crippen molar-refractivity contribution in [3.05, 3.63) is 77.9 Å². The molecule has 0 atom stereocenters. The maximum absolute atomic E-state index is 5.85. The second kappa shape index (κ2) is 6.52. The highest BCUT2D eigenvalue weighted by Gasteiger charge is 2.22. The molecule has 0 amide bonds. The standard InChI is InChI=1S/C22H22N2O/c1-25-20-11-5-16(6-12-20)15-24-14-13-18-3-2-4-21(22(18)24)17-7-9-19(23)10-8-17/h2-12H,13-15,23H2,1H3. The third-order valence-electron chi connectivity index (χ3n) is 4.84. The first-order chi connectivity index (χ1) is 12.2. The predicted octanol–water partition coefficient (Wildman–Crippen LogP) is 4.51. The summed E-state index contributed by atoms with van der Waals surface area (Å²) in [4.78, 5) is 2.48. The van der Waals surface area contributed by atoms with Gasteiger partial charge in [-0.15, -0.1) is 0 Å². The molecule has 2 N–H and O–H groups in total. The molecule has 3 nitrogen and oxygen atoms in total. The predicted molar refractivity (Wildman–Crippen MR) is 104 cm³/mol. The van der Waals surface area contributed by atoms with Gasteiger partial charge in [-0.05, 0) is 47.4 Å². The van der Waals surface area contributed by atoms with Crippen LogP contribution in [0.5, 0.6) is 5.75 Å². The zero-order chi connectivity index (χ0) is 17.2. The summed E-state index contributed by atoms with van der Waals surface area (Å²) in [6.07, 6.45) is 1.09. The van der Waals surface area contributed by atoms with Crippen LogP contribution < -0.4 is 15.4 Å². The van der Waals surface area contributed by atoms with E-state index in [0.29, 0.717) is 0 Å². The van der Waals surface area contributed by atoms with Crippen molar-refractivity contribution in [3.63, 3.8) is 0 Å². The highest BCUT2D eigenvalue weighted by molar-refractivity contribution is 5.83. The van der Waals surface area contributed by atoms with Crippen molar-refractivity contribution in [1.82, 2.24) is 0 Å². The van der Waals surface area contributed by atoms with Gasteiger partial charge in [0.1, 0.15) is 5.75 Å². The van der Waals surface area contributed by atoms with Crippen LogP contribution in [0.4, 0.5) is 11.4 Å². The number of para-hydroxylation sites is 1. The number of methoxy groups -OCH3 is 1. The van der Waals surface area contributed by atoms with Crippen LogP contribution in [0.15, 0.2) is 66.7 Å². The lowest BCUT2D eigenvalue weighted by Gasteiger charge is -2.23. The third kappa shape index (κ3) is 3.05. The van der Waals surface area contributed by atoms with E-state index in [4.69, 9.17) is 10.5 Å². The molecule has 25 heavy (non-hydrogen) atoms. The Hall–Kier alpha value is -2.94. The molecule has 0 spiro atoms. The SMILES string of the molecule is COc1ccc(CN2CCc3cccc(-c4ccc(N)cc4)c32)cc1. The van der Waals surface area contributed by atoms with Crippen LogP contribution in [0.2, 0.25) is 0 Å². The quantitative estimate of drug-likeness (QED) is 0.716. The van der Waals surface area contributed by atoms with E-state index in [9.17, 15) is 0 Å². The second-order valence-electron chi connectivity index (χ2n) is 6.45. The van der Waals surface area contributed by atoms with E-state index >= 15 is 0 Å². The van der Waals surface area contributed by atoms with Gasteiger partial charge in [0.25, 0.3) is 0 Å². The van der Waals surface area contributed by atoms with E-state index in [1.807, 2.05) is 24.3 Å². The first-order valence-corrected chi connectivity index (χ1v) is 8.60. The summed E-state index contributed by atoms with van der Waals surface area (Å²) in [5.74, 6) is 0.896. The van der Waals surface area contributed by atoms with Crippen LogP contribution in [0.1, 0.15) is 11.1 Å². The molecule has 0 fully saturated rings. The molecule has 3 aromatic carbocycles. The summed E-state index contributed by atoms with van der Waals surface area (Å²) in [5.41, 5.74) is 13.2. The Morgan fingerprint density at radius 2 is 1.72 bits per heavy atom. The van der Waals surface area contributed by atoms with Gasteiger partial charge in [-0.3, -0.25) is 0 Å². The number of ether oxygens (including phenoxy) is 1. The summed E-state index contributed by atoms with van der Waals surface area (Å²) in [6.45, 7) is 1.95. The minimum absolute atomic E-state index is 0.798. The average molecular weight is 330 g/mol. The van der Waals surface area contributed by atoms with E-state index in [-0.39, 0.29) is 0 Å². The van der Waals surface area contributed by atoms with Crippen molar-refractivity contribution in [2.45, 2.75) is 13.0 Å². The topological polar surface area (TPSA) is 38.5 Å². The van der Waals surface area contributed by atoms with Crippen molar-refractivity contribution < 1.29 is 4.74 Å². The van der Waals surface area contributed by atoms with E-state index in [2.05, 4.69) is 47.4 Å². The first kappa shape index (κ1) is 15.6. The third-order valence-corrected chi connectivity index (χ3v) is 4.84. The van der Waals surface area contributed by atoms with Gasteiger partial charge in [0, 0.05) is 30.0 Å². The molecule has 1 heterocycles. The summed E-state index contributed by atoms with van der Waals surface area (Å²) >= 11 is 0. The normalized spacial score (nSPS) is 12.9. The van der Waals surface area contributed by atoms with Crippen molar-refractivity contribution in [1.29, 1.82) is 0 Å². The molecule has 0 radical (unpaired) electrons. The van der Waals surface area contributed by atoms with Crippen LogP contribution in [-0.4, -0.2) is 13.7 Å². The van der Waals surface area contributed by atoms with Crippen LogP contribution >= 0.6 is 0 Å². The number of fused-ring (bicyclic) bond motifs is 1. The number of hydrogen-bond donors (Lipinski definition) is 1.